The zero-order chi connectivity index (χ0) is 14.0. The minimum Gasteiger partial charge on any atom is -0.389 e. The Morgan fingerprint density at radius 1 is 0.944 bits per heavy atom. The molecule has 18 heavy (non-hydrogen) atoms. The van der Waals surface area contributed by atoms with Crippen molar-refractivity contribution in [2.45, 2.75) is 33.8 Å². The number of carbonyl (C=O) groups excluding carboxylic acids is 1. The third-order valence-corrected chi connectivity index (χ3v) is 2.39. The first-order chi connectivity index (χ1) is 8.47. The quantitative estimate of drug-likeness (QED) is 0.442. The van der Waals surface area contributed by atoms with Crippen molar-refractivity contribution >= 4 is 6.29 Å². The second-order valence-corrected chi connectivity index (χ2v) is 4.27. The van der Waals surface area contributed by atoms with Crippen molar-refractivity contribution in [3.8, 4) is 0 Å². The lowest BCUT2D eigenvalue weighted by molar-refractivity contribution is -0.104. The van der Waals surface area contributed by atoms with Crippen LogP contribution >= 0.6 is 0 Å². The first-order valence-corrected chi connectivity index (χ1v) is 5.97. The molecule has 98 valence electrons. The van der Waals surface area contributed by atoms with Gasteiger partial charge in [0.25, 0.3) is 0 Å². The normalized spacial score (nSPS) is 16.6. The fourth-order valence-electron chi connectivity index (χ4n) is 1.00. The largest absolute Gasteiger partial charge is 0.389 e. The van der Waals surface area contributed by atoms with Gasteiger partial charge in [-0.25, -0.2) is 0 Å². The minimum atomic E-state index is -0.407. The first-order valence-electron chi connectivity index (χ1n) is 5.97. The van der Waals surface area contributed by atoms with Crippen molar-refractivity contribution < 1.29 is 9.90 Å². The number of hydrogen-bond acceptors (Lipinski definition) is 2. The molecule has 0 aromatic rings. The number of hydrogen-bond donors (Lipinski definition) is 1. The molecule has 0 spiro atoms. The molecule has 0 fully saturated rings. The Kier molecular flexibility index (Phi) is 8.50. The van der Waals surface area contributed by atoms with Crippen molar-refractivity contribution in [2.75, 3.05) is 0 Å². The van der Waals surface area contributed by atoms with E-state index < -0.39 is 6.10 Å². The van der Waals surface area contributed by atoms with E-state index in [-0.39, 0.29) is 0 Å². The molecule has 1 unspecified atom stereocenters. The number of aliphatic hydroxyl groups is 1. The van der Waals surface area contributed by atoms with E-state index >= 15 is 0 Å². The monoisotopic (exact) mass is 246 g/mol. The Bertz CT molecular complexity index is 405. The highest BCUT2D eigenvalue weighted by Gasteiger charge is 1.93. The standard InChI is InChI=1S/C16H22O2/c1-13(8-5-6-9-14(2)12-17)10-7-11-15(3)16(4)18/h5-12,16,18H,1-4H3/b6-5+,10-7+,13-8+,14-9+,15-11+. The van der Waals surface area contributed by atoms with Crippen LogP contribution in [0.25, 0.3) is 0 Å². The van der Waals surface area contributed by atoms with Gasteiger partial charge in [-0.3, -0.25) is 4.79 Å². The van der Waals surface area contributed by atoms with Crippen LogP contribution in [0.15, 0.2) is 59.3 Å². The molecule has 0 rings (SSSR count). The maximum absolute atomic E-state index is 10.3. The predicted octanol–water partition coefficient (Wildman–Crippen LogP) is 3.52. The van der Waals surface area contributed by atoms with Crippen LogP contribution in [0.4, 0.5) is 0 Å². The molecule has 0 heterocycles. The lowest BCUT2D eigenvalue weighted by atomic mass is 10.1. The summed E-state index contributed by atoms with van der Waals surface area (Å²) in [5, 5.41) is 9.27. The zero-order valence-corrected chi connectivity index (χ0v) is 11.6. The molecule has 2 nitrogen and oxygen atoms in total. The second-order valence-electron chi connectivity index (χ2n) is 4.27. The number of rotatable bonds is 6. The highest BCUT2D eigenvalue weighted by atomic mass is 16.3. The Balaban J connectivity index is 4.41. The molecule has 0 saturated heterocycles. The lowest BCUT2D eigenvalue weighted by Crippen LogP contribution is -1.99. The third kappa shape index (κ3) is 8.48. The summed E-state index contributed by atoms with van der Waals surface area (Å²) < 4.78 is 0. The Morgan fingerprint density at radius 3 is 2.00 bits per heavy atom. The average Bonchev–Trinajstić information content (AvgIpc) is 2.33. The molecular formula is C16H22O2. The van der Waals surface area contributed by atoms with Crippen LogP contribution in [0.2, 0.25) is 0 Å². The number of allylic oxidation sites excluding steroid dienone is 9. The Labute approximate surface area is 110 Å². The van der Waals surface area contributed by atoms with Gasteiger partial charge in [0.1, 0.15) is 6.29 Å². The van der Waals surface area contributed by atoms with E-state index in [9.17, 15) is 9.90 Å². The predicted molar refractivity (Wildman–Crippen MR) is 77.3 cm³/mol. The van der Waals surface area contributed by atoms with Crippen LogP contribution in [-0.2, 0) is 4.79 Å². The summed E-state index contributed by atoms with van der Waals surface area (Å²) in [4.78, 5) is 10.3. The van der Waals surface area contributed by atoms with Gasteiger partial charge in [-0.1, -0.05) is 48.1 Å². The molecule has 0 aromatic carbocycles. The zero-order valence-electron chi connectivity index (χ0n) is 11.6. The third-order valence-electron chi connectivity index (χ3n) is 2.39. The van der Waals surface area contributed by atoms with Crippen molar-refractivity contribution in [2.24, 2.45) is 0 Å². The van der Waals surface area contributed by atoms with Crippen molar-refractivity contribution in [3.05, 3.63) is 59.3 Å². The van der Waals surface area contributed by atoms with E-state index in [4.69, 9.17) is 0 Å². The molecule has 1 atom stereocenters. The summed E-state index contributed by atoms with van der Waals surface area (Å²) in [6, 6.07) is 0. The molecular weight excluding hydrogens is 224 g/mol. The number of aliphatic hydroxyl groups excluding tert-OH is 1. The molecule has 0 aromatic heterocycles. The molecule has 0 radical (unpaired) electrons. The van der Waals surface area contributed by atoms with Gasteiger partial charge in [-0.2, -0.15) is 0 Å². The van der Waals surface area contributed by atoms with Gasteiger partial charge in [-0.15, -0.1) is 0 Å². The fourth-order valence-corrected chi connectivity index (χ4v) is 1.00. The van der Waals surface area contributed by atoms with Gasteiger partial charge >= 0.3 is 0 Å². The molecule has 0 amide bonds. The molecule has 0 aliphatic heterocycles. The highest BCUT2D eigenvalue weighted by molar-refractivity contribution is 5.72. The van der Waals surface area contributed by atoms with Crippen LogP contribution in [0.3, 0.4) is 0 Å². The molecule has 0 aliphatic rings. The molecule has 2 heteroatoms. The van der Waals surface area contributed by atoms with E-state index in [1.165, 1.54) is 0 Å². The van der Waals surface area contributed by atoms with Gasteiger partial charge < -0.3 is 5.11 Å². The van der Waals surface area contributed by atoms with Gasteiger partial charge in [0.05, 0.1) is 6.10 Å². The second kappa shape index (κ2) is 9.37. The van der Waals surface area contributed by atoms with Crippen LogP contribution < -0.4 is 0 Å². The first kappa shape index (κ1) is 16.3. The van der Waals surface area contributed by atoms with Gasteiger partial charge in [0.15, 0.2) is 0 Å². The molecule has 0 saturated carbocycles. The summed E-state index contributed by atoms with van der Waals surface area (Å²) in [5.74, 6) is 0. The summed E-state index contributed by atoms with van der Waals surface area (Å²) in [6.07, 6.45) is 13.6. The molecule has 0 bridgehead atoms. The Morgan fingerprint density at radius 2 is 1.50 bits per heavy atom. The highest BCUT2D eigenvalue weighted by Crippen LogP contribution is 2.02. The maximum atomic E-state index is 10.3. The lowest BCUT2D eigenvalue weighted by Gasteiger charge is -2.00. The van der Waals surface area contributed by atoms with Gasteiger partial charge in [0, 0.05) is 0 Å². The number of carbonyl (C=O) groups is 1. The fraction of sp³-hybridized carbons (Fsp3) is 0.312. The SMILES string of the molecule is C\C(C=O)=C/C=C/C=C(C)/C=C/C=C(\C)C(C)O. The topological polar surface area (TPSA) is 37.3 Å². The van der Waals surface area contributed by atoms with Crippen LogP contribution in [0, 0.1) is 0 Å². The smallest absolute Gasteiger partial charge is 0.145 e. The minimum absolute atomic E-state index is 0.407. The number of aldehydes is 1. The molecule has 0 aliphatic carbocycles. The summed E-state index contributed by atoms with van der Waals surface area (Å²) >= 11 is 0. The van der Waals surface area contributed by atoms with Gasteiger partial charge in [-0.05, 0) is 38.8 Å². The Hall–Kier alpha value is -1.67. The van der Waals surface area contributed by atoms with Crippen molar-refractivity contribution in [1.29, 1.82) is 0 Å². The van der Waals surface area contributed by atoms with Crippen LogP contribution in [-0.4, -0.2) is 17.5 Å². The summed E-state index contributed by atoms with van der Waals surface area (Å²) in [6.45, 7) is 7.38. The van der Waals surface area contributed by atoms with Gasteiger partial charge in [0.2, 0.25) is 0 Å². The van der Waals surface area contributed by atoms with Crippen LogP contribution in [0.1, 0.15) is 27.7 Å². The van der Waals surface area contributed by atoms with E-state index in [1.807, 2.05) is 50.3 Å². The van der Waals surface area contributed by atoms with Crippen LogP contribution in [0.5, 0.6) is 0 Å². The van der Waals surface area contributed by atoms with Crippen molar-refractivity contribution in [3.63, 3.8) is 0 Å². The van der Waals surface area contributed by atoms with E-state index in [0.29, 0.717) is 5.57 Å². The maximum Gasteiger partial charge on any atom is 0.145 e. The summed E-state index contributed by atoms with van der Waals surface area (Å²) in [7, 11) is 0. The average molecular weight is 246 g/mol. The molecule has 1 N–H and O–H groups in total. The van der Waals surface area contributed by atoms with E-state index in [2.05, 4.69) is 0 Å². The van der Waals surface area contributed by atoms with Crippen molar-refractivity contribution in [1.82, 2.24) is 0 Å². The van der Waals surface area contributed by atoms with E-state index in [1.54, 1.807) is 19.9 Å². The summed E-state index contributed by atoms with van der Waals surface area (Å²) in [5.41, 5.74) is 2.72. The van der Waals surface area contributed by atoms with E-state index in [0.717, 1.165) is 17.4 Å².